The highest BCUT2D eigenvalue weighted by Gasteiger charge is 2.37. The first kappa shape index (κ1) is 17.2. The summed E-state index contributed by atoms with van der Waals surface area (Å²) in [5, 5.41) is 11.0. The van der Waals surface area contributed by atoms with Gasteiger partial charge in [0.05, 0.1) is 17.6 Å². The summed E-state index contributed by atoms with van der Waals surface area (Å²) in [6, 6.07) is 22.0. The number of β-amino-alcohol motifs (C(OH)–C–C–N with tert-alkyl or cyclic N) is 1. The minimum absolute atomic E-state index is 0.610. The SMILES string of the molecule is Cn1c(-c2ccc(CN3CC[C@@](O)(c4ccccc4)C3)o2)nc2ccccc21. The third-order valence-electron chi connectivity index (χ3n) is 5.69. The number of imidazole rings is 1. The van der Waals surface area contributed by atoms with E-state index in [2.05, 4.69) is 15.5 Å². The van der Waals surface area contributed by atoms with E-state index < -0.39 is 5.60 Å². The summed E-state index contributed by atoms with van der Waals surface area (Å²) >= 11 is 0. The lowest BCUT2D eigenvalue weighted by atomic mass is 9.93. The van der Waals surface area contributed by atoms with Gasteiger partial charge < -0.3 is 14.1 Å². The number of para-hydroxylation sites is 2. The molecule has 5 nitrogen and oxygen atoms in total. The van der Waals surface area contributed by atoms with E-state index in [0.717, 1.165) is 46.9 Å². The number of hydrogen-bond donors (Lipinski definition) is 1. The van der Waals surface area contributed by atoms with E-state index in [0.29, 0.717) is 13.1 Å². The summed E-state index contributed by atoms with van der Waals surface area (Å²) in [4.78, 5) is 6.95. The van der Waals surface area contributed by atoms with Gasteiger partial charge in [-0.2, -0.15) is 0 Å². The van der Waals surface area contributed by atoms with Crippen LogP contribution in [-0.2, 0) is 19.2 Å². The van der Waals surface area contributed by atoms with Crippen molar-refractivity contribution in [3.63, 3.8) is 0 Å². The fraction of sp³-hybridized carbons (Fsp3) is 0.261. The Kier molecular flexibility index (Phi) is 4.07. The Morgan fingerprint density at radius 3 is 2.64 bits per heavy atom. The largest absolute Gasteiger partial charge is 0.456 e. The van der Waals surface area contributed by atoms with Crippen molar-refractivity contribution < 1.29 is 9.52 Å². The second kappa shape index (κ2) is 6.62. The zero-order chi connectivity index (χ0) is 19.1. The normalized spacial score (nSPS) is 20.2. The van der Waals surface area contributed by atoms with Crippen molar-refractivity contribution >= 4 is 11.0 Å². The van der Waals surface area contributed by atoms with Gasteiger partial charge in [-0.3, -0.25) is 4.90 Å². The number of aryl methyl sites for hydroxylation is 1. The average molecular weight is 373 g/mol. The molecule has 4 aromatic rings. The van der Waals surface area contributed by atoms with Crippen LogP contribution in [0.5, 0.6) is 0 Å². The number of aromatic nitrogens is 2. The summed E-state index contributed by atoms with van der Waals surface area (Å²) < 4.78 is 8.17. The first-order valence-electron chi connectivity index (χ1n) is 9.63. The van der Waals surface area contributed by atoms with Crippen LogP contribution in [-0.4, -0.2) is 32.6 Å². The van der Waals surface area contributed by atoms with Crippen LogP contribution in [0.2, 0.25) is 0 Å². The van der Waals surface area contributed by atoms with Gasteiger partial charge >= 0.3 is 0 Å². The van der Waals surface area contributed by atoms with Crippen LogP contribution in [0.1, 0.15) is 17.7 Å². The van der Waals surface area contributed by atoms with Crippen LogP contribution in [0, 0.1) is 0 Å². The van der Waals surface area contributed by atoms with Crippen LogP contribution >= 0.6 is 0 Å². The van der Waals surface area contributed by atoms with E-state index in [-0.39, 0.29) is 0 Å². The van der Waals surface area contributed by atoms with E-state index in [1.807, 2.05) is 67.7 Å². The number of rotatable bonds is 4. The molecular formula is C23H23N3O2. The Balaban J connectivity index is 1.34. The molecule has 0 radical (unpaired) electrons. The van der Waals surface area contributed by atoms with Crippen molar-refractivity contribution in [3.8, 4) is 11.6 Å². The summed E-state index contributed by atoms with van der Waals surface area (Å²) in [5.74, 6) is 2.49. The number of benzene rings is 2. The predicted octanol–water partition coefficient (Wildman–Crippen LogP) is 3.93. The molecule has 28 heavy (non-hydrogen) atoms. The summed E-state index contributed by atoms with van der Waals surface area (Å²) in [7, 11) is 2.01. The molecule has 1 aliphatic heterocycles. The zero-order valence-corrected chi connectivity index (χ0v) is 15.9. The lowest BCUT2D eigenvalue weighted by Gasteiger charge is -2.23. The fourth-order valence-corrected chi connectivity index (χ4v) is 4.16. The van der Waals surface area contributed by atoms with Crippen molar-refractivity contribution in [2.24, 2.45) is 7.05 Å². The molecule has 0 bridgehead atoms. The second-order valence-electron chi connectivity index (χ2n) is 7.61. The van der Waals surface area contributed by atoms with E-state index >= 15 is 0 Å². The molecular weight excluding hydrogens is 350 g/mol. The molecule has 5 heteroatoms. The third-order valence-corrected chi connectivity index (χ3v) is 5.69. The quantitative estimate of drug-likeness (QED) is 0.589. The van der Waals surface area contributed by atoms with Crippen LogP contribution in [0.15, 0.2) is 71.1 Å². The highest BCUT2D eigenvalue weighted by molar-refractivity contribution is 5.79. The van der Waals surface area contributed by atoms with Crippen LogP contribution < -0.4 is 0 Å². The Bertz CT molecular complexity index is 1120. The number of aliphatic hydroxyl groups is 1. The van der Waals surface area contributed by atoms with Gasteiger partial charge in [-0.15, -0.1) is 0 Å². The molecule has 1 fully saturated rings. The maximum atomic E-state index is 11.0. The maximum Gasteiger partial charge on any atom is 0.176 e. The lowest BCUT2D eigenvalue weighted by Crippen LogP contribution is -2.30. The van der Waals surface area contributed by atoms with Crippen LogP contribution in [0.3, 0.4) is 0 Å². The fourth-order valence-electron chi connectivity index (χ4n) is 4.16. The number of fused-ring (bicyclic) bond motifs is 1. The van der Waals surface area contributed by atoms with Gasteiger partial charge in [-0.05, 0) is 36.2 Å². The molecule has 2 aromatic carbocycles. The van der Waals surface area contributed by atoms with E-state index in [1.165, 1.54) is 0 Å². The third kappa shape index (κ3) is 2.93. The summed E-state index contributed by atoms with van der Waals surface area (Å²) in [5.41, 5.74) is 2.25. The topological polar surface area (TPSA) is 54.4 Å². The van der Waals surface area contributed by atoms with Crippen LogP contribution in [0.4, 0.5) is 0 Å². The van der Waals surface area contributed by atoms with Crippen molar-refractivity contribution in [2.45, 2.75) is 18.6 Å². The van der Waals surface area contributed by atoms with E-state index in [1.54, 1.807) is 0 Å². The molecule has 1 aliphatic rings. The monoisotopic (exact) mass is 373 g/mol. The molecule has 1 atom stereocenters. The van der Waals surface area contributed by atoms with Gasteiger partial charge in [0.25, 0.3) is 0 Å². The Hall–Kier alpha value is -2.89. The van der Waals surface area contributed by atoms with E-state index in [4.69, 9.17) is 9.40 Å². The smallest absolute Gasteiger partial charge is 0.176 e. The highest BCUT2D eigenvalue weighted by Crippen LogP contribution is 2.33. The molecule has 0 amide bonds. The zero-order valence-electron chi connectivity index (χ0n) is 15.9. The number of furan rings is 1. The summed E-state index contributed by atoms with van der Waals surface area (Å²) in [6.07, 6.45) is 0.731. The Morgan fingerprint density at radius 1 is 1.04 bits per heavy atom. The van der Waals surface area contributed by atoms with E-state index in [9.17, 15) is 5.11 Å². The Morgan fingerprint density at radius 2 is 1.82 bits per heavy atom. The van der Waals surface area contributed by atoms with Gasteiger partial charge in [0.2, 0.25) is 0 Å². The average Bonchev–Trinajstić information content (AvgIpc) is 3.42. The van der Waals surface area contributed by atoms with Crippen molar-refractivity contribution in [2.75, 3.05) is 13.1 Å². The molecule has 5 rings (SSSR count). The van der Waals surface area contributed by atoms with Gasteiger partial charge in [0.15, 0.2) is 11.6 Å². The van der Waals surface area contributed by atoms with Gasteiger partial charge in [0.1, 0.15) is 11.4 Å². The van der Waals surface area contributed by atoms with Gasteiger partial charge in [-0.1, -0.05) is 42.5 Å². The molecule has 1 saturated heterocycles. The molecule has 142 valence electrons. The molecule has 1 N–H and O–H groups in total. The highest BCUT2D eigenvalue weighted by atomic mass is 16.3. The molecule has 0 spiro atoms. The lowest BCUT2D eigenvalue weighted by molar-refractivity contribution is 0.0446. The molecule has 0 aliphatic carbocycles. The standard InChI is InChI=1S/C23H23N3O2/c1-25-20-10-6-5-9-19(20)24-22(25)21-12-11-18(28-21)15-26-14-13-23(27,16-26)17-7-3-2-4-8-17/h2-12,27H,13-16H2,1H3/t23-/m0/s1. The number of nitrogens with zero attached hydrogens (tertiary/aromatic N) is 3. The minimum atomic E-state index is -0.784. The first-order valence-corrected chi connectivity index (χ1v) is 9.63. The molecule has 3 heterocycles. The first-order chi connectivity index (χ1) is 13.6. The second-order valence-corrected chi connectivity index (χ2v) is 7.61. The number of hydrogen-bond acceptors (Lipinski definition) is 4. The Labute approximate surface area is 163 Å². The molecule has 0 unspecified atom stereocenters. The summed E-state index contributed by atoms with van der Waals surface area (Å²) in [6.45, 7) is 2.13. The van der Waals surface area contributed by atoms with Crippen molar-refractivity contribution in [3.05, 3.63) is 78.1 Å². The molecule has 0 saturated carbocycles. The molecule has 2 aromatic heterocycles. The predicted molar refractivity (Wildman–Crippen MR) is 109 cm³/mol. The van der Waals surface area contributed by atoms with Crippen molar-refractivity contribution in [1.29, 1.82) is 0 Å². The van der Waals surface area contributed by atoms with Gasteiger partial charge in [0, 0.05) is 20.1 Å². The number of likely N-dealkylation sites (tertiary alicyclic amines) is 1. The maximum absolute atomic E-state index is 11.0. The van der Waals surface area contributed by atoms with Crippen molar-refractivity contribution in [1.82, 2.24) is 14.5 Å². The van der Waals surface area contributed by atoms with Gasteiger partial charge in [-0.25, -0.2) is 4.98 Å². The minimum Gasteiger partial charge on any atom is -0.456 e. The van der Waals surface area contributed by atoms with Crippen LogP contribution in [0.25, 0.3) is 22.6 Å².